The number of carbonyl (C=O) groups is 1. The van der Waals surface area contributed by atoms with E-state index >= 15 is 0 Å². The number of rotatable bonds is 5. The van der Waals surface area contributed by atoms with Crippen LogP contribution in [0.3, 0.4) is 0 Å². The number of amides is 1. The van der Waals surface area contributed by atoms with E-state index in [4.69, 9.17) is 16.3 Å². The fourth-order valence-electron chi connectivity index (χ4n) is 3.05. The normalized spacial score (nSPS) is 10.7. The largest absolute Gasteiger partial charge is 0.506 e. The number of hydrogen-bond acceptors (Lipinski definition) is 4. The third-order valence-electron chi connectivity index (χ3n) is 4.50. The van der Waals surface area contributed by atoms with Crippen LogP contribution in [-0.4, -0.2) is 29.2 Å². The molecular formula is C21H19ClN2O4. The summed E-state index contributed by atoms with van der Waals surface area (Å²) in [5.41, 5.74) is 0.0123. The van der Waals surface area contributed by atoms with Gasteiger partial charge in [0.15, 0.2) is 0 Å². The molecule has 1 N–H and O–H groups in total. The SMILES string of the molecule is C=CCN(C(=O)c1c(O)c2c(Cl)cccc2n(C)c1=O)c1ccc(OC)cc1. The van der Waals surface area contributed by atoms with Gasteiger partial charge in [-0.3, -0.25) is 9.59 Å². The second-order valence-electron chi connectivity index (χ2n) is 6.12. The van der Waals surface area contributed by atoms with Crippen LogP contribution in [0.25, 0.3) is 10.9 Å². The lowest BCUT2D eigenvalue weighted by Crippen LogP contribution is -2.36. The zero-order valence-corrected chi connectivity index (χ0v) is 16.2. The van der Waals surface area contributed by atoms with Crippen molar-refractivity contribution in [1.82, 2.24) is 4.57 Å². The summed E-state index contributed by atoms with van der Waals surface area (Å²) in [6.07, 6.45) is 1.54. The van der Waals surface area contributed by atoms with Crippen LogP contribution in [0.4, 0.5) is 5.69 Å². The second-order valence-corrected chi connectivity index (χ2v) is 6.53. The highest BCUT2D eigenvalue weighted by Crippen LogP contribution is 2.33. The molecular weight excluding hydrogens is 380 g/mol. The van der Waals surface area contributed by atoms with E-state index in [1.54, 1.807) is 49.6 Å². The van der Waals surface area contributed by atoms with E-state index in [0.717, 1.165) is 0 Å². The van der Waals surface area contributed by atoms with Crippen molar-refractivity contribution in [3.8, 4) is 11.5 Å². The topological polar surface area (TPSA) is 71.8 Å². The molecule has 0 aliphatic rings. The Kier molecular flexibility index (Phi) is 5.42. The van der Waals surface area contributed by atoms with Crippen LogP contribution in [0.15, 0.2) is 59.9 Å². The predicted octanol–water partition coefficient (Wildman–Crippen LogP) is 3.74. The summed E-state index contributed by atoms with van der Waals surface area (Å²) >= 11 is 6.22. The molecule has 0 spiro atoms. The number of pyridine rings is 1. The highest BCUT2D eigenvalue weighted by molar-refractivity contribution is 6.36. The molecule has 3 aromatic rings. The number of ether oxygens (including phenoxy) is 1. The van der Waals surface area contributed by atoms with Crippen LogP contribution in [-0.2, 0) is 7.05 Å². The van der Waals surface area contributed by atoms with E-state index in [0.29, 0.717) is 17.0 Å². The summed E-state index contributed by atoms with van der Waals surface area (Å²) in [5.74, 6) is -0.452. The van der Waals surface area contributed by atoms with E-state index in [9.17, 15) is 14.7 Å². The zero-order chi connectivity index (χ0) is 20.4. The average molecular weight is 399 g/mol. The first-order valence-electron chi connectivity index (χ1n) is 8.47. The molecule has 0 saturated carbocycles. The van der Waals surface area contributed by atoms with E-state index < -0.39 is 17.2 Å². The summed E-state index contributed by atoms with van der Waals surface area (Å²) in [6, 6.07) is 11.7. The Labute approximate surface area is 166 Å². The molecule has 0 atom stereocenters. The van der Waals surface area contributed by atoms with Crippen LogP contribution in [0, 0.1) is 0 Å². The van der Waals surface area contributed by atoms with E-state index in [2.05, 4.69) is 6.58 Å². The molecule has 0 saturated heterocycles. The maximum atomic E-state index is 13.3. The van der Waals surface area contributed by atoms with Crippen molar-refractivity contribution < 1.29 is 14.6 Å². The summed E-state index contributed by atoms with van der Waals surface area (Å²) in [7, 11) is 3.07. The van der Waals surface area contributed by atoms with Gasteiger partial charge in [0.05, 0.1) is 23.0 Å². The Morgan fingerprint density at radius 1 is 1.29 bits per heavy atom. The molecule has 0 aliphatic heterocycles. The summed E-state index contributed by atoms with van der Waals surface area (Å²) < 4.78 is 6.44. The maximum absolute atomic E-state index is 13.3. The van der Waals surface area contributed by atoms with Gasteiger partial charge in [0, 0.05) is 19.3 Å². The average Bonchev–Trinajstić information content (AvgIpc) is 2.70. The van der Waals surface area contributed by atoms with Crippen LogP contribution < -0.4 is 15.2 Å². The highest BCUT2D eigenvalue weighted by Gasteiger charge is 2.27. The summed E-state index contributed by atoms with van der Waals surface area (Å²) in [4.78, 5) is 27.5. The van der Waals surface area contributed by atoms with Gasteiger partial charge in [0.2, 0.25) is 0 Å². The van der Waals surface area contributed by atoms with Crippen molar-refractivity contribution in [2.45, 2.75) is 0 Å². The van der Waals surface area contributed by atoms with Crippen LogP contribution in [0.2, 0.25) is 5.02 Å². The standard InChI is InChI=1S/C21H19ClN2O4/c1-4-12-24(13-8-10-14(28-3)11-9-13)21(27)18-19(25)17-15(22)6-5-7-16(17)23(2)20(18)26/h4-11,25H,1,12H2,2-3H3. The van der Waals surface area contributed by atoms with Crippen molar-refractivity contribution >= 4 is 34.1 Å². The first kappa shape index (κ1) is 19.5. The molecule has 7 heteroatoms. The minimum atomic E-state index is -0.648. The van der Waals surface area contributed by atoms with Gasteiger partial charge in [-0.15, -0.1) is 6.58 Å². The van der Waals surface area contributed by atoms with Gasteiger partial charge in [-0.2, -0.15) is 0 Å². The number of halogens is 1. The second kappa shape index (κ2) is 7.78. The van der Waals surface area contributed by atoms with Gasteiger partial charge in [-0.1, -0.05) is 23.7 Å². The fraction of sp³-hybridized carbons (Fsp3) is 0.143. The lowest BCUT2D eigenvalue weighted by atomic mass is 10.1. The van der Waals surface area contributed by atoms with Gasteiger partial charge in [0.25, 0.3) is 11.5 Å². The summed E-state index contributed by atoms with van der Waals surface area (Å²) in [6.45, 7) is 3.82. The molecule has 2 aromatic carbocycles. The van der Waals surface area contributed by atoms with Crippen molar-refractivity contribution in [3.05, 3.63) is 76.1 Å². The Morgan fingerprint density at radius 2 is 1.96 bits per heavy atom. The molecule has 28 heavy (non-hydrogen) atoms. The van der Waals surface area contributed by atoms with Crippen molar-refractivity contribution in [3.63, 3.8) is 0 Å². The molecule has 144 valence electrons. The van der Waals surface area contributed by atoms with Gasteiger partial charge >= 0.3 is 0 Å². The molecule has 0 aliphatic carbocycles. The first-order valence-corrected chi connectivity index (χ1v) is 8.85. The Hall–Kier alpha value is -3.25. The minimum Gasteiger partial charge on any atom is -0.506 e. The maximum Gasteiger partial charge on any atom is 0.268 e. The summed E-state index contributed by atoms with van der Waals surface area (Å²) in [5, 5.41) is 11.3. The number of aryl methyl sites for hydroxylation is 1. The Balaban J connectivity index is 2.21. The van der Waals surface area contributed by atoms with Gasteiger partial charge in [-0.25, -0.2) is 0 Å². The molecule has 1 amide bonds. The molecule has 1 aromatic heterocycles. The molecule has 0 radical (unpaired) electrons. The molecule has 3 rings (SSSR count). The number of aromatic nitrogens is 1. The molecule has 0 unspecified atom stereocenters. The molecule has 6 nitrogen and oxygen atoms in total. The fourth-order valence-corrected chi connectivity index (χ4v) is 3.31. The number of nitrogens with zero attached hydrogens (tertiary/aromatic N) is 2. The van der Waals surface area contributed by atoms with E-state index in [-0.39, 0.29) is 22.5 Å². The molecule has 0 fully saturated rings. The number of benzene rings is 2. The van der Waals surface area contributed by atoms with E-state index in [1.807, 2.05) is 0 Å². The monoisotopic (exact) mass is 398 g/mol. The minimum absolute atomic E-state index is 0.147. The van der Waals surface area contributed by atoms with Crippen LogP contribution >= 0.6 is 11.6 Å². The predicted molar refractivity (Wildman–Crippen MR) is 111 cm³/mol. The quantitative estimate of drug-likeness (QED) is 0.664. The number of carbonyl (C=O) groups excluding carboxylic acids is 1. The first-order chi connectivity index (χ1) is 13.4. The number of fused-ring (bicyclic) bond motifs is 1. The number of aromatic hydroxyl groups is 1. The Bertz CT molecular complexity index is 1120. The lowest BCUT2D eigenvalue weighted by molar-refractivity contribution is 0.0985. The number of hydrogen-bond donors (Lipinski definition) is 1. The van der Waals surface area contributed by atoms with Gasteiger partial charge < -0.3 is 19.3 Å². The third kappa shape index (κ3) is 3.23. The highest BCUT2D eigenvalue weighted by atomic mass is 35.5. The van der Waals surface area contributed by atoms with Crippen LogP contribution in [0.5, 0.6) is 11.5 Å². The van der Waals surface area contributed by atoms with Gasteiger partial charge in [-0.05, 0) is 36.4 Å². The van der Waals surface area contributed by atoms with E-state index in [1.165, 1.54) is 22.6 Å². The Morgan fingerprint density at radius 3 is 2.57 bits per heavy atom. The van der Waals surface area contributed by atoms with Gasteiger partial charge in [0.1, 0.15) is 17.1 Å². The number of anilines is 1. The van der Waals surface area contributed by atoms with Crippen LogP contribution in [0.1, 0.15) is 10.4 Å². The third-order valence-corrected chi connectivity index (χ3v) is 4.81. The van der Waals surface area contributed by atoms with Crippen molar-refractivity contribution in [1.29, 1.82) is 0 Å². The molecule has 1 heterocycles. The zero-order valence-electron chi connectivity index (χ0n) is 15.5. The van der Waals surface area contributed by atoms with Crippen molar-refractivity contribution in [2.75, 3.05) is 18.6 Å². The molecule has 0 bridgehead atoms. The lowest BCUT2D eigenvalue weighted by Gasteiger charge is -2.22. The smallest absolute Gasteiger partial charge is 0.268 e. The number of methoxy groups -OCH3 is 1. The van der Waals surface area contributed by atoms with Crippen molar-refractivity contribution in [2.24, 2.45) is 7.05 Å².